The third kappa shape index (κ3) is 4.30. The highest BCUT2D eigenvalue weighted by Gasteiger charge is 2.26. The first-order valence-electron chi connectivity index (χ1n) is 9.10. The summed E-state index contributed by atoms with van der Waals surface area (Å²) >= 11 is 1.47. The van der Waals surface area contributed by atoms with Crippen LogP contribution in [0, 0.1) is 10.1 Å². The molecule has 8 nitrogen and oxygen atoms in total. The van der Waals surface area contributed by atoms with Crippen molar-refractivity contribution in [3.63, 3.8) is 0 Å². The number of carbonyl (C=O) groups is 2. The molecule has 3 rings (SSSR count). The van der Waals surface area contributed by atoms with E-state index in [0.29, 0.717) is 10.6 Å². The van der Waals surface area contributed by atoms with E-state index in [-0.39, 0.29) is 30.5 Å². The van der Waals surface area contributed by atoms with Crippen LogP contribution in [0.5, 0.6) is 0 Å². The number of esters is 1. The van der Waals surface area contributed by atoms with Crippen molar-refractivity contribution >= 4 is 39.6 Å². The van der Waals surface area contributed by atoms with E-state index in [1.54, 1.807) is 13.0 Å². The molecule has 0 saturated heterocycles. The number of nitrogens with zero attached hydrogens (tertiary/aromatic N) is 1. The third-order valence-electron chi connectivity index (χ3n) is 4.44. The third-order valence-corrected chi connectivity index (χ3v) is 5.68. The van der Waals surface area contributed by atoms with E-state index >= 15 is 0 Å². The van der Waals surface area contributed by atoms with E-state index in [1.807, 2.05) is 0 Å². The highest BCUT2D eigenvalue weighted by atomic mass is 32.1. The molecule has 2 aromatic rings. The average Bonchev–Trinajstić information content (AvgIpc) is 3.05. The number of anilines is 2. The summed E-state index contributed by atoms with van der Waals surface area (Å²) in [6.07, 6.45) is 3.83. The number of hydrogen-bond donors (Lipinski definition) is 2. The number of amides is 1. The summed E-state index contributed by atoms with van der Waals surface area (Å²) < 4.78 is 5.19. The normalized spacial score (nSPS) is 12.8. The Kier molecular flexibility index (Phi) is 6.25. The summed E-state index contributed by atoms with van der Waals surface area (Å²) in [7, 11) is 0. The van der Waals surface area contributed by atoms with Crippen molar-refractivity contribution in [2.75, 3.05) is 23.8 Å². The van der Waals surface area contributed by atoms with Crippen molar-refractivity contribution in [2.24, 2.45) is 0 Å². The zero-order valence-corrected chi connectivity index (χ0v) is 16.3. The zero-order chi connectivity index (χ0) is 20.1. The number of nitro benzene ring substituents is 1. The molecule has 148 valence electrons. The van der Waals surface area contributed by atoms with Gasteiger partial charge in [0.2, 0.25) is 5.91 Å². The van der Waals surface area contributed by atoms with Gasteiger partial charge in [-0.25, -0.2) is 4.79 Å². The van der Waals surface area contributed by atoms with E-state index in [4.69, 9.17) is 4.74 Å². The van der Waals surface area contributed by atoms with Crippen LogP contribution in [0.3, 0.4) is 0 Å². The molecule has 1 aromatic heterocycles. The largest absolute Gasteiger partial charge is 0.462 e. The molecule has 2 N–H and O–H groups in total. The number of nitro groups is 1. The number of hydrogen-bond acceptors (Lipinski definition) is 7. The number of carbonyl (C=O) groups excluding carboxylic acids is 2. The average molecular weight is 403 g/mol. The van der Waals surface area contributed by atoms with Crippen molar-refractivity contribution in [1.82, 2.24) is 0 Å². The summed E-state index contributed by atoms with van der Waals surface area (Å²) in [5.74, 6) is -0.820. The van der Waals surface area contributed by atoms with Gasteiger partial charge < -0.3 is 15.4 Å². The molecular weight excluding hydrogens is 382 g/mol. The second kappa shape index (κ2) is 8.83. The van der Waals surface area contributed by atoms with Crippen molar-refractivity contribution in [2.45, 2.75) is 32.6 Å². The summed E-state index contributed by atoms with van der Waals surface area (Å²) in [5, 5.41) is 17.2. The molecule has 0 spiro atoms. The molecule has 0 fully saturated rings. The number of ether oxygens (including phenoxy) is 1. The number of fused-ring (bicyclic) bond motifs is 1. The second-order valence-electron chi connectivity index (χ2n) is 6.31. The highest BCUT2D eigenvalue weighted by molar-refractivity contribution is 7.16. The molecule has 0 radical (unpaired) electrons. The van der Waals surface area contributed by atoms with Crippen LogP contribution >= 0.6 is 11.3 Å². The smallest absolute Gasteiger partial charge is 0.341 e. The van der Waals surface area contributed by atoms with Crippen molar-refractivity contribution in [3.05, 3.63) is 50.4 Å². The second-order valence-corrected chi connectivity index (χ2v) is 7.42. The SMILES string of the molecule is CCOC(=O)c1c(NCC(=O)Nc2ccccc2[N+](=O)[O-])sc2c1CCCC2. The number of aryl methyl sites for hydroxylation is 1. The minimum atomic E-state index is -0.546. The molecule has 9 heteroatoms. The van der Waals surface area contributed by atoms with E-state index in [0.717, 1.165) is 36.1 Å². The van der Waals surface area contributed by atoms with Gasteiger partial charge in [-0.15, -0.1) is 11.3 Å². The fraction of sp³-hybridized carbons (Fsp3) is 0.368. The van der Waals surface area contributed by atoms with Crippen LogP contribution in [0.4, 0.5) is 16.4 Å². The molecule has 0 atom stereocenters. The van der Waals surface area contributed by atoms with Crippen LogP contribution in [0.15, 0.2) is 24.3 Å². The van der Waals surface area contributed by atoms with E-state index in [1.165, 1.54) is 29.5 Å². The number of thiophene rings is 1. The molecule has 1 heterocycles. The fourth-order valence-electron chi connectivity index (χ4n) is 3.20. The molecule has 0 bridgehead atoms. The Labute approximate surface area is 166 Å². The first-order chi connectivity index (χ1) is 13.5. The molecule has 1 aromatic carbocycles. The quantitative estimate of drug-likeness (QED) is 0.414. The topological polar surface area (TPSA) is 111 Å². The number of nitrogens with one attached hydrogen (secondary N) is 2. The molecule has 1 aliphatic rings. The lowest BCUT2D eigenvalue weighted by Gasteiger charge is -2.12. The van der Waals surface area contributed by atoms with Gasteiger partial charge in [0.1, 0.15) is 10.7 Å². The van der Waals surface area contributed by atoms with E-state index in [2.05, 4.69) is 10.6 Å². The maximum atomic E-state index is 12.4. The first-order valence-corrected chi connectivity index (χ1v) is 9.91. The van der Waals surface area contributed by atoms with Crippen LogP contribution < -0.4 is 10.6 Å². The Hall–Kier alpha value is -2.94. The van der Waals surface area contributed by atoms with Crippen molar-refractivity contribution in [3.8, 4) is 0 Å². The molecular formula is C19H21N3O5S. The zero-order valence-electron chi connectivity index (χ0n) is 15.4. The van der Waals surface area contributed by atoms with Crippen LogP contribution in [-0.2, 0) is 22.4 Å². The van der Waals surface area contributed by atoms with Crippen molar-refractivity contribution in [1.29, 1.82) is 0 Å². The molecule has 28 heavy (non-hydrogen) atoms. The summed E-state index contributed by atoms with van der Waals surface area (Å²) in [4.78, 5) is 36.4. The fourth-order valence-corrected chi connectivity index (χ4v) is 4.48. The predicted octanol–water partition coefficient (Wildman–Crippen LogP) is 3.76. The molecule has 1 aliphatic carbocycles. The van der Waals surface area contributed by atoms with Gasteiger partial charge in [0, 0.05) is 10.9 Å². The van der Waals surface area contributed by atoms with Gasteiger partial charge >= 0.3 is 5.97 Å². The van der Waals surface area contributed by atoms with Crippen LogP contribution in [0.25, 0.3) is 0 Å². The molecule has 0 unspecified atom stereocenters. The summed E-state index contributed by atoms with van der Waals surface area (Å²) in [6, 6.07) is 5.95. The van der Waals surface area contributed by atoms with Gasteiger partial charge in [0.15, 0.2) is 0 Å². The van der Waals surface area contributed by atoms with Crippen LogP contribution in [-0.4, -0.2) is 30.0 Å². The number of para-hydroxylation sites is 2. The summed E-state index contributed by atoms with van der Waals surface area (Å²) in [6.45, 7) is 1.92. The van der Waals surface area contributed by atoms with Gasteiger partial charge in [0.05, 0.1) is 23.6 Å². The Morgan fingerprint density at radius 1 is 1.25 bits per heavy atom. The standard InChI is InChI=1S/C19H21N3O5S/c1-2-27-19(24)17-12-7-3-6-10-15(12)28-18(17)20-11-16(23)21-13-8-4-5-9-14(13)22(25)26/h4-5,8-9,20H,2-3,6-7,10-11H2,1H3,(H,21,23). The van der Waals surface area contributed by atoms with Crippen molar-refractivity contribution < 1.29 is 19.2 Å². The van der Waals surface area contributed by atoms with Crippen LogP contribution in [0.1, 0.15) is 40.6 Å². The monoisotopic (exact) mass is 403 g/mol. The molecule has 0 aliphatic heterocycles. The lowest BCUT2D eigenvalue weighted by atomic mass is 9.95. The van der Waals surface area contributed by atoms with Gasteiger partial charge in [-0.2, -0.15) is 0 Å². The van der Waals surface area contributed by atoms with Crippen LogP contribution in [0.2, 0.25) is 0 Å². The lowest BCUT2D eigenvalue weighted by molar-refractivity contribution is -0.383. The predicted molar refractivity (Wildman–Crippen MR) is 107 cm³/mol. The van der Waals surface area contributed by atoms with Gasteiger partial charge in [-0.3, -0.25) is 14.9 Å². The molecule has 1 amide bonds. The van der Waals surface area contributed by atoms with E-state index < -0.39 is 10.8 Å². The summed E-state index contributed by atoms with van der Waals surface area (Å²) in [5.41, 5.74) is 1.49. The van der Waals surface area contributed by atoms with E-state index in [9.17, 15) is 19.7 Å². The van der Waals surface area contributed by atoms with Gasteiger partial charge in [-0.1, -0.05) is 12.1 Å². The Bertz CT molecular complexity index is 909. The number of benzene rings is 1. The maximum absolute atomic E-state index is 12.4. The van der Waals surface area contributed by atoms with Gasteiger partial charge in [-0.05, 0) is 44.2 Å². The molecule has 0 saturated carbocycles. The number of rotatable bonds is 7. The highest BCUT2D eigenvalue weighted by Crippen LogP contribution is 2.38. The Balaban J connectivity index is 1.74. The first kappa shape index (κ1) is 19.8. The van der Waals surface area contributed by atoms with Gasteiger partial charge in [0.25, 0.3) is 5.69 Å². The minimum Gasteiger partial charge on any atom is -0.462 e. The lowest BCUT2D eigenvalue weighted by Crippen LogP contribution is -2.23. The Morgan fingerprint density at radius 3 is 2.75 bits per heavy atom. The minimum absolute atomic E-state index is 0.113. The Morgan fingerprint density at radius 2 is 2.00 bits per heavy atom. The maximum Gasteiger partial charge on any atom is 0.341 e.